The number of anilines is 1. The van der Waals surface area contributed by atoms with E-state index in [0.717, 1.165) is 31.8 Å². The van der Waals surface area contributed by atoms with Gasteiger partial charge in [-0.3, -0.25) is 10.1 Å². The number of para-hydroxylation sites is 1. The zero-order chi connectivity index (χ0) is 17.8. The first-order valence-corrected chi connectivity index (χ1v) is 8.68. The van der Waals surface area contributed by atoms with Gasteiger partial charge in [0.2, 0.25) is 0 Å². The fourth-order valence-electron chi connectivity index (χ4n) is 3.45. The number of hydrogen-bond acceptors (Lipinski definition) is 6. The Morgan fingerprint density at radius 2 is 2.24 bits per heavy atom. The SMILES string of the molecule is CCOc1cccc(N2CCCC(c3nncn3CC)C2)c1[N+](=O)[O-]. The van der Waals surface area contributed by atoms with Crippen molar-refractivity contribution in [1.82, 2.24) is 14.8 Å². The predicted molar refractivity (Wildman–Crippen MR) is 94.1 cm³/mol. The highest BCUT2D eigenvalue weighted by molar-refractivity contribution is 5.70. The molecule has 1 aliphatic rings. The topological polar surface area (TPSA) is 86.3 Å². The van der Waals surface area contributed by atoms with Gasteiger partial charge in [0.15, 0.2) is 5.75 Å². The van der Waals surface area contributed by atoms with E-state index in [1.807, 2.05) is 17.6 Å². The molecule has 8 nitrogen and oxygen atoms in total. The lowest BCUT2D eigenvalue weighted by molar-refractivity contribution is -0.385. The van der Waals surface area contributed by atoms with E-state index in [1.54, 1.807) is 18.5 Å². The third-order valence-electron chi connectivity index (χ3n) is 4.57. The number of rotatable bonds is 6. The Labute approximate surface area is 146 Å². The van der Waals surface area contributed by atoms with Gasteiger partial charge in [-0.25, -0.2) is 0 Å². The molecule has 2 aromatic rings. The van der Waals surface area contributed by atoms with Crippen molar-refractivity contribution < 1.29 is 9.66 Å². The van der Waals surface area contributed by atoms with Crippen molar-refractivity contribution >= 4 is 11.4 Å². The van der Waals surface area contributed by atoms with Crippen LogP contribution >= 0.6 is 0 Å². The zero-order valence-electron chi connectivity index (χ0n) is 14.6. The lowest BCUT2D eigenvalue weighted by Gasteiger charge is -2.33. The lowest BCUT2D eigenvalue weighted by atomic mass is 9.96. The van der Waals surface area contributed by atoms with Crippen molar-refractivity contribution in [3.05, 3.63) is 40.5 Å². The van der Waals surface area contributed by atoms with Crippen LogP contribution in [0.15, 0.2) is 24.5 Å². The largest absolute Gasteiger partial charge is 0.487 e. The van der Waals surface area contributed by atoms with Gasteiger partial charge in [0, 0.05) is 25.6 Å². The first-order chi connectivity index (χ1) is 12.2. The van der Waals surface area contributed by atoms with Crippen LogP contribution < -0.4 is 9.64 Å². The Kier molecular flexibility index (Phi) is 5.16. The highest BCUT2D eigenvalue weighted by Crippen LogP contribution is 2.39. The second-order valence-electron chi connectivity index (χ2n) is 6.07. The van der Waals surface area contributed by atoms with Crippen molar-refractivity contribution in [2.75, 3.05) is 24.6 Å². The molecule has 0 spiro atoms. The second kappa shape index (κ2) is 7.50. The Balaban J connectivity index is 1.91. The van der Waals surface area contributed by atoms with Crippen molar-refractivity contribution in [3.8, 4) is 5.75 Å². The number of nitrogens with zero attached hydrogens (tertiary/aromatic N) is 5. The number of ether oxygens (including phenoxy) is 1. The maximum atomic E-state index is 11.6. The molecule has 0 N–H and O–H groups in total. The monoisotopic (exact) mass is 345 g/mol. The molecular formula is C17H23N5O3. The quantitative estimate of drug-likeness (QED) is 0.591. The molecule has 8 heteroatoms. The molecule has 0 amide bonds. The van der Waals surface area contributed by atoms with Crippen LogP contribution in [0, 0.1) is 10.1 Å². The van der Waals surface area contributed by atoms with Crippen LogP contribution in [0.5, 0.6) is 5.75 Å². The Morgan fingerprint density at radius 1 is 1.40 bits per heavy atom. The number of nitro groups is 1. The first-order valence-electron chi connectivity index (χ1n) is 8.68. The molecule has 1 atom stereocenters. The standard InChI is InChI=1S/C17H23N5O3/c1-3-20-12-18-19-17(20)13-7-6-10-21(11-13)14-8-5-9-15(25-4-2)16(14)22(23)24/h5,8-9,12-13H,3-4,6-7,10-11H2,1-2H3. The summed E-state index contributed by atoms with van der Waals surface area (Å²) in [5.74, 6) is 1.49. The van der Waals surface area contributed by atoms with E-state index >= 15 is 0 Å². The number of hydrogen-bond donors (Lipinski definition) is 0. The van der Waals surface area contributed by atoms with Crippen molar-refractivity contribution in [1.29, 1.82) is 0 Å². The normalized spacial score (nSPS) is 17.5. The maximum Gasteiger partial charge on any atom is 0.333 e. The smallest absolute Gasteiger partial charge is 0.333 e. The summed E-state index contributed by atoms with van der Waals surface area (Å²) in [4.78, 5) is 13.4. The highest BCUT2D eigenvalue weighted by Gasteiger charge is 2.30. The van der Waals surface area contributed by atoms with Gasteiger partial charge >= 0.3 is 5.69 Å². The van der Waals surface area contributed by atoms with Gasteiger partial charge in [-0.2, -0.15) is 0 Å². The van der Waals surface area contributed by atoms with Gasteiger partial charge in [0.1, 0.15) is 17.8 Å². The number of nitro benzene ring substituents is 1. The molecule has 1 fully saturated rings. The average molecular weight is 345 g/mol. The van der Waals surface area contributed by atoms with E-state index in [4.69, 9.17) is 4.74 Å². The highest BCUT2D eigenvalue weighted by atomic mass is 16.6. The average Bonchev–Trinajstić information content (AvgIpc) is 3.10. The molecule has 0 aliphatic carbocycles. The van der Waals surface area contributed by atoms with Gasteiger partial charge in [-0.15, -0.1) is 10.2 Å². The maximum absolute atomic E-state index is 11.6. The fourth-order valence-corrected chi connectivity index (χ4v) is 3.45. The third-order valence-corrected chi connectivity index (χ3v) is 4.57. The van der Waals surface area contributed by atoms with E-state index in [0.29, 0.717) is 24.6 Å². The number of aromatic nitrogens is 3. The first kappa shape index (κ1) is 17.2. The minimum atomic E-state index is -0.349. The van der Waals surface area contributed by atoms with Crippen LogP contribution in [-0.2, 0) is 6.54 Å². The van der Waals surface area contributed by atoms with E-state index in [-0.39, 0.29) is 16.5 Å². The molecule has 134 valence electrons. The summed E-state index contributed by atoms with van der Waals surface area (Å²) in [6.45, 7) is 6.57. The third kappa shape index (κ3) is 3.42. The van der Waals surface area contributed by atoms with Gasteiger partial charge in [-0.05, 0) is 38.8 Å². The summed E-state index contributed by atoms with van der Waals surface area (Å²) in [7, 11) is 0. The molecule has 2 heterocycles. The van der Waals surface area contributed by atoms with E-state index in [2.05, 4.69) is 22.0 Å². The predicted octanol–water partition coefficient (Wildman–Crippen LogP) is 2.99. The summed E-state index contributed by atoms with van der Waals surface area (Å²) in [6, 6.07) is 5.26. The van der Waals surface area contributed by atoms with Crippen molar-refractivity contribution in [3.63, 3.8) is 0 Å². The molecule has 1 unspecified atom stereocenters. The molecular weight excluding hydrogens is 322 g/mol. The molecule has 1 aromatic heterocycles. The van der Waals surface area contributed by atoms with Crippen LogP contribution in [0.25, 0.3) is 0 Å². The number of aryl methyl sites for hydroxylation is 1. The van der Waals surface area contributed by atoms with E-state index in [9.17, 15) is 10.1 Å². The van der Waals surface area contributed by atoms with Crippen molar-refractivity contribution in [2.45, 2.75) is 39.2 Å². The lowest BCUT2D eigenvalue weighted by Crippen LogP contribution is -2.35. The van der Waals surface area contributed by atoms with Crippen LogP contribution in [0.4, 0.5) is 11.4 Å². The molecule has 1 saturated heterocycles. The Bertz CT molecular complexity index is 746. The van der Waals surface area contributed by atoms with Gasteiger partial charge in [0.25, 0.3) is 0 Å². The fraction of sp³-hybridized carbons (Fsp3) is 0.529. The molecule has 1 aliphatic heterocycles. The van der Waals surface area contributed by atoms with Gasteiger partial charge in [-0.1, -0.05) is 6.07 Å². The van der Waals surface area contributed by atoms with Crippen LogP contribution in [0.2, 0.25) is 0 Å². The molecule has 3 rings (SSSR count). The van der Waals surface area contributed by atoms with E-state index in [1.165, 1.54) is 0 Å². The zero-order valence-corrected chi connectivity index (χ0v) is 14.6. The van der Waals surface area contributed by atoms with Crippen LogP contribution in [0.1, 0.15) is 38.4 Å². The summed E-state index contributed by atoms with van der Waals surface area (Å²) in [5, 5.41) is 19.9. The van der Waals surface area contributed by atoms with Crippen LogP contribution in [-0.4, -0.2) is 39.4 Å². The summed E-state index contributed by atoms with van der Waals surface area (Å²) in [6.07, 6.45) is 3.71. The number of benzene rings is 1. The minimum Gasteiger partial charge on any atom is -0.487 e. The van der Waals surface area contributed by atoms with Gasteiger partial charge in [0.05, 0.1) is 11.5 Å². The molecule has 0 bridgehead atoms. The van der Waals surface area contributed by atoms with Gasteiger partial charge < -0.3 is 14.2 Å². The molecule has 1 aromatic carbocycles. The summed E-state index contributed by atoms with van der Waals surface area (Å²) in [5.41, 5.74) is 0.658. The van der Waals surface area contributed by atoms with E-state index < -0.39 is 0 Å². The molecule has 0 radical (unpaired) electrons. The Hall–Kier alpha value is -2.64. The minimum absolute atomic E-state index is 0.0435. The summed E-state index contributed by atoms with van der Waals surface area (Å²) < 4.78 is 7.51. The van der Waals surface area contributed by atoms with Crippen molar-refractivity contribution in [2.24, 2.45) is 0 Å². The molecule has 25 heavy (non-hydrogen) atoms. The van der Waals surface area contributed by atoms with Crippen LogP contribution in [0.3, 0.4) is 0 Å². The Morgan fingerprint density at radius 3 is 2.96 bits per heavy atom. The second-order valence-corrected chi connectivity index (χ2v) is 6.07. The molecule has 0 saturated carbocycles. The summed E-state index contributed by atoms with van der Waals surface area (Å²) >= 11 is 0. The number of piperidine rings is 1.